The largest absolute Gasteiger partial charge is 0.480 e. The Kier molecular flexibility index (Phi) is 6.01. The summed E-state index contributed by atoms with van der Waals surface area (Å²) in [5, 5.41) is 15.0. The average molecular weight is 479 g/mol. The minimum atomic E-state index is -1.13. The lowest BCUT2D eigenvalue weighted by Gasteiger charge is -2.23. The standard InChI is InChI=1S/C27H30N2O6/c1-15(34-2)23(24(30)31)29-25(32)27-12-16(27)11-17(13-27)28-26(33)35-14-22-20-9-5-3-7-18(20)19-8-4-6-10-21(19)22/h3-10,15-17,22-23H,11-14H2,1-2H3,(H,28,33)(H,29,32)(H,30,31)/t15-,16-,17+,23+,27+/m1/s1. The van der Waals surface area contributed by atoms with Crippen LogP contribution in [0.15, 0.2) is 48.5 Å². The normalized spacial score (nSPS) is 25.5. The molecule has 0 saturated heterocycles. The molecule has 2 aromatic rings. The van der Waals surface area contributed by atoms with Gasteiger partial charge in [-0.2, -0.15) is 0 Å². The Balaban J connectivity index is 1.17. The van der Waals surface area contributed by atoms with Gasteiger partial charge in [0, 0.05) is 19.1 Å². The third kappa shape index (κ3) is 4.16. The zero-order valence-electron chi connectivity index (χ0n) is 19.8. The Morgan fingerprint density at radius 3 is 2.29 bits per heavy atom. The second-order valence-corrected chi connectivity index (χ2v) is 9.89. The third-order valence-electron chi connectivity index (χ3n) is 7.92. The molecule has 0 radical (unpaired) electrons. The van der Waals surface area contributed by atoms with Gasteiger partial charge in [-0.25, -0.2) is 9.59 Å². The van der Waals surface area contributed by atoms with Crippen molar-refractivity contribution in [2.45, 2.75) is 50.3 Å². The van der Waals surface area contributed by atoms with E-state index < -0.39 is 29.6 Å². The van der Waals surface area contributed by atoms with Crippen molar-refractivity contribution in [3.05, 3.63) is 59.7 Å². The maximum absolute atomic E-state index is 12.9. The first-order chi connectivity index (χ1) is 16.8. The first-order valence-corrected chi connectivity index (χ1v) is 12.0. The van der Waals surface area contributed by atoms with Crippen molar-refractivity contribution in [3.8, 4) is 11.1 Å². The van der Waals surface area contributed by atoms with Crippen molar-refractivity contribution in [2.75, 3.05) is 13.7 Å². The third-order valence-corrected chi connectivity index (χ3v) is 7.92. The summed E-state index contributed by atoms with van der Waals surface area (Å²) in [5.41, 5.74) is 4.02. The maximum atomic E-state index is 12.9. The van der Waals surface area contributed by atoms with E-state index in [1.54, 1.807) is 6.92 Å². The predicted octanol–water partition coefficient (Wildman–Crippen LogP) is 3.30. The van der Waals surface area contributed by atoms with E-state index >= 15 is 0 Å². The van der Waals surface area contributed by atoms with E-state index in [4.69, 9.17) is 9.47 Å². The fourth-order valence-corrected chi connectivity index (χ4v) is 5.89. The first-order valence-electron chi connectivity index (χ1n) is 12.0. The van der Waals surface area contributed by atoms with E-state index in [1.807, 2.05) is 24.3 Å². The molecule has 5 rings (SSSR count). The molecule has 8 heteroatoms. The van der Waals surface area contributed by atoms with Crippen LogP contribution in [0.5, 0.6) is 0 Å². The Morgan fingerprint density at radius 2 is 1.69 bits per heavy atom. The van der Waals surface area contributed by atoms with Gasteiger partial charge in [0.05, 0.1) is 11.5 Å². The second kappa shape index (κ2) is 9.00. The molecule has 0 heterocycles. The number of carboxylic acids is 1. The number of carbonyl (C=O) groups is 3. The second-order valence-electron chi connectivity index (χ2n) is 9.89. The summed E-state index contributed by atoms with van der Waals surface area (Å²) in [6.45, 7) is 1.84. The summed E-state index contributed by atoms with van der Waals surface area (Å²) >= 11 is 0. The zero-order valence-corrected chi connectivity index (χ0v) is 19.8. The lowest BCUT2D eigenvalue weighted by atomic mass is 9.98. The first kappa shape index (κ1) is 23.4. The highest BCUT2D eigenvalue weighted by molar-refractivity contribution is 5.90. The molecule has 5 atom stereocenters. The lowest BCUT2D eigenvalue weighted by Crippen LogP contribution is -2.51. The maximum Gasteiger partial charge on any atom is 0.407 e. The molecular weight excluding hydrogens is 448 g/mol. The van der Waals surface area contributed by atoms with Crippen molar-refractivity contribution in [1.29, 1.82) is 0 Å². The molecule has 2 fully saturated rings. The van der Waals surface area contributed by atoms with Crippen molar-refractivity contribution in [1.82, 2.24) is 10.6 Å². The van der Waals surface area contributed by atoms with Gasteiger partial charge >= 0.3 is 12.1 Å². The molecule has 0 spiro atoms. The van der Waals surface area contributed by atoms with Crippen LogP contribution in [0.25, 0.3) is 11.1 Å². The lowest BCUT2D eigenvalue weighted by molar-refractivity contribution is -0.146. The molecular formula is C27H30N2O6. The molecule has 3 aliphatic rings. The Bertz CT molecular complexity index is 1120. The highest BCUT2D eigenvalue weighted by Crippen LogP contribution is 2.63. The number of ether oxygens (including phenoxy) is 2. The molecule has 3 aliphatic carbocycles. The smallest absolute Gasteiger partial charge is 0.407 e. The summed E-state index contributed by atoms with van der Waals surface area (Å²) < 4.78 is 10.7. The van der Waals surface area contributed by atoms with Crippen molar-refractivity contribution in [2.24, 2.45) is 11.3 Å². The van der Waals surface area contributed by atoms with E-state index in [0.29, 0.717) is 19.3 Å². The highest BCUT2D eigenvalue weighted by atomic mass is 16.5. The van der Waals surface area contributed by atoms with Gasteiger partial charge in [-0.3, -0.25) is 4.79 Å². The van der Waals surface area contributed by atoms with Gasteiger partial charge in [-0.15, -0.1) is 0 Å². The van der Waals surface area contributed by atoms with Gasteiger partial charge in [0.25, 0.3) is 0 Å². The van der Waals surface area contributed by atoms with Crippen LogP contribution in [0.4, 0.5) is 4.79 Å². The highest BCUT2D eigenvalue weighted by Gasteiger charge is 2.65. The monoisotopic (exact) mass is 478 g/mol. The van der Waals surface area contributed by atoms with Gasteiger partial charge in [-0.05, 0) is 54.4 Å². The summed E-state index contributed by atoms with van der Waals surface area (Å²) in [6.07, 6.45) is 0.706. The van der Waals surface area contributed by atoms with E-state index in [1.165, 1.54) is 18.2 Å². The molecule has 8 nitrogen and oxygen atoms in total. The van der Waals surface area contributed by atoms with Crippen LogP contribution in [-0.4, -0.2) is 55.0 Å². The fraction of sp³-hybridized carbons (Fsp3) is 0.444. The number of rotatable bonds is 8. The van der Waals surface area contributed by atoms with Gasteiger partial charge in [0.15, 0.2) is 6.04 Å². The molecule has 2 saturated carbocycles. The van der Waals surface area contributed by atoms with E-state index in [-0.39, 0.29) is 30.4 Å². The van der Waals surface area contributed by atoms with Crippen molar-refractivity contribution < 1.29 is 29.0 Å². The number of aliphatic carboxylic acids is 1. The van der Waals surface area contributed by atoms with Gasteiger partial charge in [0.2, 0.25) is 5.91 Å². The molecule has 0 bridgehead atoms. The van der Waals surface area contributed by atoms with Crippen LogP contribution in [0.3, 0.4) is 0 Å². The predicted molar refractivity (Wildman–Crippen MR) is 128 cm³/mol. The number of carboxylic acid groups (broad SMARTS) is 1. The van der Waals surface area contributed by atoms with E-state index in [2.05, 4.69) is 34.9 Å². The topological polar surface area (TPSA) is 114 Å². The van der Waals surface area contributed by atoms with Crippen LogP contribution in [0, 0.1) is 11.3 Å². The Morgan fingerprint density at radius 1 is 1.06 bits per heavy atom. The van der Waals surface area contributed by atoms with Crippen molar-refractivity contribution in [3.63, 3.8) is 0 Å². The van der Waals surface area contributed by atoms with Crippen LogP contribution < -0.4 is 10.6 Å². The molecule has 2 amide bonds. The average Bonchev–Trinajstić information content (AvgIpc) is 3.28. The number of hydrogen-bond donors (Lipinski definition) is 3. The minimum absolute atomic E-state index is 0.0158. The van der Waals surface area contributed by atoms with Gasteiger partial charge in [-0.1, -0.05) is 48.5 Å². The number of amides is 2. The summed E-state index contributed by atoms with van der Waals surface area (Å²) in [4.78, 5) is 37.1. The van der Waals surface area contributed by atoms with Crippen LogP contribution in [0.2, 0.25) is 0 Å². The summed E-state index contributed by atoms with van der Waals surface area (Å²) in [6, 6.07) is 15.0. The Hall–Kier alpha value is -3.39. The zero-order chi connectivity index (χ0) is 24.7. The molecule has 3 N–H and O–H groups in total. The number of hydrogen-bond acceptors (Lipinski definition) is 5. The Labute approximate surface area is 204 Å². The SMILES string of the molecule is CO[C@H](C)[C@H](NC(=O)[C@@]12C[C@@H](NC(=O)OCC3c4ccccc4-c4ccccc43)C[C@@H]1C2)C(=O)O. The quantitative estimate of drug-likeness (QED) is 0.537. The van der Waals surface area contributed by atoms with Crippen molar-refractivity contribution >= 4 is 18.0 Å². The molecule has 2 aromatic carbocycles. The minimum Gasteiger partial charge on any atom is -0.480 e. The number of benzene rings is 2. The van der Waals surface area contributed by atoms with E-state index in [9.17, 15) is 19.5 Å². The molecule has 35 heavy (non-hydrogen) atoms. The molecule has 0 unspecified atom stereocenters. The van der Waals surface area contributed by atoms with E-state index in [0.717, 1.165) is 11.1 Å². The van der Waals surface area contributed by atoms with Crippen LogP contribution >= 0.6 is 0 Å². The van der Waals surface area contributed by atoms with Crippen LogP contribution in [0.1, 0.15) is 43.2 Å². The molecule has 0 aromatic heterocycles. The number of alkyl carbamates (subject to hydrolysis) is 1. The number of carbonyl (C=O) groups excluding carboxylic acids is 2. The van der Waals surface area contributed by atoms with Gasteiger partial charge in [0.1, 0.15) is 6.61 Å². The molecule has 0 aliphatic heterocycles. The fourth-order valence-electron chi connectivity index (χ4n) is 5.89. The van der Waals surface area contributed by atoms with Crippen LogP contribution in [-0.2, 0) is 19.1 Å². The summed E-state index contributed by atoms with van der Waals surface area (Å²) in [7, 11) is 1.41. The summed E-state index contributed by atoms with van der Waals surface area (Å²) in [5.74, 6) is -1.30. The number of methoxy groups -OCH3 is 1. The number of fused-ring (bicyclic) bond motifs is 4. The number of nitrogens with one attached hydrogen (secondary N) is 2. The van der Waals surface area contributed by atoms with Gasteiger partial charge < -0.3 is 25.2 Å². The molecule has 184 valence electrons.